The van der Waals surface area contributed by atoms with Gasteiger partial charge in [-0.05, 0) is 25.8 Å². The highest BCUT2D eigenvalue weighted by molar-refractivity contribution is 7.22. The van der Waals surface area contributed by atoms with Gasteiger partial charge in [0.15, 0.2) is 0 Å². The van der Waals surface area contributed by atoms with Crippen LogP contribution in [0.4, 0.5) is 9.18 Å². The summed E-state index contributed by atoms with van der Waals surface area (Å²) in [5.74, 6) is -0.251. The van der Waals surface area contributed by atoms with E-state index in [9.17, 15) is 19.1 Å². The molecule has 2 aliphatic rings. The van der Waals surface area contributed by atoms with E-state index in [4.69, 9.17) is 0 Å². The minimum atomic E-state index is -1.11. The number of aryl methyl sites for hydroxylation is 1. The second-order valence-electron chi connectivity index (χ2n) is 7.12. The third kappa shape index (κ3) is 2.32. The fraction of sp³-hybridized carbons (Fsp3) is 0.412. The van der Waals surface area contributed by atoms with Crippen molar-refractivity contribution in [3.05, 3.63) is 34.1 Å². The second kappa shape index (κ2) is 5.62. The standard InChI is InChI=1S/C17H16FN5O3S/c1-6-9(5-19-22-6)12-4-11-14(27-12)16(24)21-15(20-11)13-8-2-7(3-10(8)18)23(13)17(25)26/h4-5,7-8,10,13H,2-3H2,1H3,(H,19,22)(H,25,26)(H,20,21,24)/t7-,8+,10+,13+/m1/s1. The average molecular weight is 389 g/mol. The van der Waals surface area contributed by atoms with Gasteiger partial charge in [0.1, 0.15) is 16.7 Å². The molecule has 1 aliphatic carbocycles. The Balaban J connectivity index is 1.63. The fourth-order valence-corrected chi connectivity index (χ4v) is 5.48. The van der Waals surface area contributed by atoms with Gasteiger partial charge in [-0.1, -0.05) is 0 Å². The molecule has 4 atom stereocenters. The number of nitrogens with zero attached hydrogens (tertiary/aromatic N) is 3. The number of rotatable bonds is 2. The highest BCUT2D eigenvalue weighted by Gasteiger charge is 2.55. The van der Waals surface area contributed by atoms with Crippen molar-refractivity contribution in [2.45, 2.75) is 38.0 Å². The van der Waals surface area contributed by atoms with Gasteiger partial charge in [-0.25, -0.2) is 14.2 Å². The van der Waals surface area contributed by atoms with E-state index in [0.717, 1.165) is 16.1 Å². The van der Waals surface area contributed by atoms with E-state index >= 15 is 0 Å². The first kappa shape index (κ1) is 16.4. The summed E-state index contributed by atoms with van der Waals surface area (Å²) in [6, 6.07) is 0.675. The van der Waals surface area contributed by atoms with Gasteiger partial charge in [-0.2, -0.15) is 5.10 Å². The number of aromatic amines is 2. The maximum Gasteiger partial charge on any atom is 0.408 e. The van der Waals surface area contributed by atoms with E-state index in [1.54, 1.807) is 12.3 Å². The summed E-state index contributed by atoms with van der Waals surface area (Å²) in [6.07, 6.45) is 0.168. The molecule has 8 nitrogen and oxygen atoms in total. The number of amides is 1. The van der Waals surface area contributed by atoms with Gasteiger partial charge in [-0.3, -0.25) is 14.8 Å². The highest BCUT2D eigenvalue weighted by Crippen LogP contribution is 2.50. The number of nitrogens with one attached hydrogen (secondary N) is 2. The van der Waals surface area contributed by atoms with Crippen LogP contribution >= 0.6 is 11.3 Å². The van der Waals surface area contributed by atoms with Crippen LogP contribution in [0.15, 0.2) is 17.1 Å². The van der Waals surface area contributed by atoms with Crippen molar-refractivity contribution in [3.8, 4) is 10.4 Å². The normalized spacial score (nSPS) is 27.0. The molecule has 0 radical (unpaired) electrons. The molecule has 0 spiro atoms. The summed E-state index contributed by atoms with van der Waals surface area (Å²) < 4.78 is 14.7. The van der Waals surface area contributed by atoms with Gasteiger partial charge >= 0.3 is 6.09 Å². The lowest BCUT2D eigenvalue weighted by molar-refractivity contribution is 0.0691. The molecule has 3 N–H and O–H groups in total. The van der Waals surface area contributed by atoms with Crippen LogP contribution < -0.4 is 5.56 Å². The molecule has 27 heavy (non-hydrogen) atoms. The number of aromatic nitrogens is 4. The number of hydrogen-bond acceptors (Lipinski definition) is 5. The monoisotopic (exact) mass is 389 g/mol. The van der Waals surface area contributed by atoms with Crippen LogP contribution in [0.2, 0.25) is 0 Å². The number of H-pyrrole nitrogens is 2. The first-order chi connectivity index (χ1) is 12.9. The fourth-order valence-electron chi connectivity index (χ4n) is 4.42. The summed E-state index contributed by atoms with van der Waals surface area (Å²) >= 11 is 1.30. The molecule has 10 heteroatoms. The smallest absolute Gasteiger partial charge is 0.408 e. The Hall–Kier alpha value is -2.75. The Morgan fingerprint density at radius 3 is 2.96 bits per heavy atom. The van der Waals surface area contributed by atoms with Crippen LogP contribution in [0.5, 0.6) is 0 Å². The molecule has 1 aliphatic heterocycles. The number of carbonyl (C=O) groups is 1. The molecule has 1 amide bonds. The van der Waals surface area contributed by atoms with E-state index < -0.39 is 24.2 Å². The molecule has 0 unspecified atom stereocenters. The Morgan fingerprint density at radius 2 is 2.26 bits per heavy atom. The number of piperidine rings is 1. The van der Waals surface area contributed by atoms with Crippen LogP contribution in [0.3, 0.4) is 0 Å². The lowest BCUT2D eigenvalue weighted by atomic mass is 9.96. The van der Waals surface area contributed by atoms with Crippen molar-refractivity contribution in [2.24, 2.45) is 5.92 Å². The molecule has 2 bridgehead atoms. The Labute approximate surface area is 156 Å². The molecule has 3 aromatic rings. The Kier molecular flexibility index (Phi) is 3.42. The highest BCUT2D eigenvalue weighted by atomic mass is 32.1. The molecule has 0 aromatic carbocycles. The zero-order valence-corrected chi connectivity index (χ0v) is 15.1. The quantitative estimate of drug-likeness (QED) is 0.623. The third-order valence-corrected chi connectivity index (χ3v) is 6.76. The maximum atomic E-state index is 14.3. The van der Waals surface area contributed by atoms with Gasteiger partial charge in [0.25, 0.3) is 5.56 Å². The third-order valence-electron chi connectivity index (χ3n) is 5.60. The molecule has 2 fully saturated rings. The Morgan fingerprint density at radius 1 is 1.44 bits per heavy atom. The van der Waals surface area contributed by atoms with Gasteiger partial charge in [0.2, 0.25) is 0 Å². The van der Waals surface area contributed by atoms with Crippen molar-refractivity contribution < 1.29 is 14.3 Å². The zero-order valence-electron chi connectivity index (χ0n) is 14.3. The number of alkyl halides is 1. The van der Waals surface area contributed by atoms with Gasteiger partial charge in [-0.15, -0.1) is 11.3 Å². The molecule has 1 saturated heterocycles. The van der Waals surface area contributed by atoms with E-state index in [1.165, 1.54) is 16.2 Å². The van der Waals surface area contributed by atoms with Crippen LogP contribution in [-0.2, 0) is 0 Å². The van der Waals surface area contributed by atoms with E-state index in [2.05, 4.69) is 20.2 Å². The zero-order chi connectivity index (χ0) is 18.9. The Bertz CT molecular complexity index is 1120. The van der Waals surface area contributed by atoms with Crippen molar-refractivity contribution >= 4 is 27.6 Å². The molecular formula is C17H16FN5O3S. The van der Waals surface area contributed by atoms with E-state index in [-0.39, 0.29) is 23.8 Å². The second-order valence-corrected chi connectivity index (χ2v) is 8.18. The summed E-state index contributed by atoms with van der Waals surface area (Å²) in [6.45, 7) is 1.89. The van der Waals surface area contributed by atoms with E-state index in [1.807, 2.05) is 6.92 Å². The molecule has 3 aromatic heterocycles. The number of thiophene rings is 1. The minimum Gasteiger partial charge on any atom is -0.465 e. The predicted molar refractivity (Wildman–Crippen MR) is 96.6 cm³/mol. The molecule has 4 heterocycles. The predicted octanol–water partition coefficient (Wildman–Crippen LogP) is 2.83. The number of hydrogen-bond donors (Lipinski definition) is 3. The maximum absolute atomic E-state index is 14.3. The van der Waals surface area contributed by atoms with E-state index in [0.29, 0.717) is 16.6 Å². The van der Waals surface area contributed by atoms with Gasteiger partial charge < -0.3 is 10.1 Å². The molecule has 140 valence electrons. The average Bonchev–Trinajstić information content (AvgIpc) is 3.35. The van der Waals surface area contributed by atoms with Crippen molar-refractivity contribution in [1.29, 1.82) is 0 Å². The van der Waals surface area contributed by atoms with Gasteiger partial charge in [0.05, 0.1) is 17.8 Å². The van der Waals surface area contributed by atoms with Crippen molar-refractivity contribution in [1.82, 2.24) is 25.1 Å². The minimum absolute atomic E-state index is 0.211. The van der Waals surface area contributed by atoms with Crippen LogP contribution in [0, 0.1) is 12.8 Å². The molecule has 5 rings (SSSR count). The number of halogens is 1. The molecular weight excluding hydrogens is 373 g/mol. The summed E-state index contributed by atoms with van der Waals surface area (Å²) in [4.78, 5) is 33.6. The van der Waals surface area contributed by atoms with Crippen molar-refractivity contribution in [2.75, 3.05) is 0 Å². The first-order valence-electron chi connectivity index (χ1n) is 8.63. The summed E-state index contributed by atoms with van der Waals surface area (Å²) in [5, 5.41) is 16.4. The summed E-state index contributed by atoms with van der Waals surface area (Å²) in [5.41, 5.74) is 1.91. The first-order valence-corrected chi connectivity index (χ1v) is 9.45. The molecule has 1 saturated carbocycles. The largest absolute Gasteiger partial charge is 0.465 e. The SMILES string of the molecule is Cc1[nH]ncc1-c1cc2nc([C@@H]3[C@H]4C[C@H](C[C@@H]4F)N3C(=O)O)[nH]c(=O)c2s1. The topological polar surface area (TPSA) is 115 Å². The van der Waals surface area contributed by atoms with Crippen molar-refractivity contribution in [3.63, 3.8) is 0 Å². The van der Waals surface area contributed by atoms with Crippen LogP contribution in [0.1, 0.15) is 30.4 Å². The summed E-state index contributed by atoms with van der Waals surface area (Å²) in [7, 11) is 0. The number of likely N-dealkylation sites (tertiary alicyclic amines) is 1. The van der Waals surface area contributed by atoms with Crippen LogP contribution in [0.25, 0.3) is 20.7 Å². The lowest BCUT2D eigenvalue weighted by Gasteiger charge is -2.33. The number of fused-ring (bicyclic) bond motifs is 3. The number of carboxylic acid groups (broad SMARTS) is 1. The van der Waals surface area contributed by atoms with Gasteiger partial charge in [0, 0.05) is 28.1 Å². The van der Waals surface area contributed by atoms with Crippen LogP contribution in [-0.4, -0.2) is 48.5 Å². The lowest BCUT2D eigenvalue weighted by Crippen LogP contribution is -2.43.